The van der Waals surface area contributed by atoms with E-state index in [1.807, 2.05) is 30.3 Å². The van der Waals surface area contributed by atoms with E-state index in [0.717, 1.165) is 5.56 Å². The van der Waals surface area contributed by atoms with E-state index in [-0.39, 0.29) is 13.2 Å². The fourth-order valence-electron chi connectivity index (χ4n) is 0.928. The summed E-state index contributed by atoms with van der Waals surface area (Å²) in [5.74, 6) is 0. The number of rotatable bonds is 6. The van der Waals surface area contributed by atoms with Gasteiger partial charge in [-0.3, -0.25) is 4.84 Å². The topological polar surface area (TPSA) is 61.7 Å². The van der Waals surface area contributed by atoms with E-state index < -0.39 is 6.10 Å². The van der Waals surface area contributed by atoms with Crippen molar-refractivity contribution in [3.8, 4) is 0 Å². The largest absolute Gasteiger partial charge is 0.394 e. The molecule has 4 nitrogen and oxygen atoms in total. The summed E-state index contributed by atoms with van der Waals surface area (Å²) in [7, 11) is 0. The van der Waals surface area contributed by atoms with Gasteiger partial charge < -0.3 is 10.2 Å². The summed E-state index contributed by atoms with van der Waals surface area (Å²) in [6.07, 6.45) is -0.772. The number of hydroxylamine groups is 1. The number of aliphatic hydroxyl groups excluding tert-OH is 2. The fourth-order valence-corrected chi connectivity index (χ4v) is 0.928. The van der Waals surface area contributed by atoms with E-state index in [1.165, 1.54) is 0 Å². The molecule has 0 amide bonds. The third-order valence-corrected chi connectivity index (χ3v) is 1.71. The Morgan fingerprint density at radius 2 is 2.00 bits per heavy atom. The Bertz CT molecular complexity index is 240. The molecule has 14 heavy (non-hydrogen) atoms. The van der Waals surface area contributed by atoms with Crippen molar-refractivity contribution in [3.63, 3.8) is 0 Å². The molecule has 0 bridgehead atoms. The summed E-state index contributed by atoms with van der Waals surface area (Å²) in [5, 5.41) is 17.5. The Morgan fingerprint density at radius 3 is 2.64 bits per heavy atom. The minimum atomic E-state index is -0.772. The van der Waals surface area contributed by atoms with Crippen LogP contribution in [-0.4, -0.2) is 29.5 Å². The Balaban J connectivity index is 2.10. The molecular weight excluding hydrogens is 182 g/mol. The molecule has 78 valence electrons. The first-order chi connectivity index (χ1) is 6.83. The second-order valence-electron chi connectivity index (χ2n) is 2.96. The van der Waals surface area contributed by atoms with Crippen LogP contribution in [0.4, 0.5) is 0 Å². The lowest BCUT2D eigenvalue weighted by molar-refractivity contribution is -0.00856. The van der Waals surface area contributed by atoms with E-state index >= 15 is 0 Å². The molecule has 1 unspecified atom stereocenters. The summed E-state index contributed by atoms with van der Waals surface area (Å²) in [5.41, 5.74) is 3.63. The molecule has 4 heteroatoms. The highest BCUT2D eigenvalue weighted by Gasteiger charge is 1.99. The summed E-state index contributed by atoms with van der Waals surface area (Å²) < 4.78 is 0. The monoisotopic (exact) mass is 197 g/mol. The minimum Gasteiger partial charge on any atom is -0.394 e. The third kappa shape index (κ3) is 4.34. The Hall–Kier alpha value is -0.940. The van der Waals surface area contributed by atoms with Gasteiger partial charge in [0.2, 0.25) is 0 Å². The van der Waals surface area contributed by atoms with Crippen LogP contribution >= 0.6 is 0 Å². The zero-order chi connectivity index (χ0) is 10.2. The van der Waals surface area contributed by atoms with Gasteiger partial charge in [-0.05, 0) is 5.56 Å². The van der Waals surface area contributed by atoms with Crippen molar-refractivity contribution in [1.29, 1.82) is 0 Å². The number of hydrogen-bond donors (Lipinski definition) is 3. The highest BCUT2D eigenvalue weighted by Crippen LogP contribution is 1.98. The van der Waals surface area contributed by atoms with Gasteiger partial charge in [0, 0.05) is 6.54 Å². The van der Waals surface area contributed by atoms with Crippen molar-refractivity contribution >= 4 is 0 Å². The van der Waals surface area contributed by atoms with Crippen molar-refractivity contribution in [2.75, 3.05) is 13.2 Å². The van der Waals surface area contributed by atoms with Gasteiger partial charge in [0.15, 0.2) is 0 Å². The third-order valence-electron chi connectivity index (χ3n) is 1.71. The summed E-state index contributed by atoms with van der Waals surface area (Å²) in [4.78, 5) is 5.07. The van der Waals surface area contributed by atoms with Gasteiger partial charge in [-0.1, -0.05) is 30.3 Å². The van der Waals surface area contributed by atoms with Crippen LogP contribution in [-0.2, 0) is 11.4 Å². The molecular formula is C10H15NO3. The molecule has 0 spiro atoms. The first kappa shape index (κ1) is 11.1. The van der Waals surface area contributed by atoms with E-state index in [9.17, 15) is 0 Å². The standard InChI is InChI=1S/C10H15NO3/c12-7-10(13)6-11-14-8-9-4-2-1-3-5-9/h1-5,10-13H,6-8H2. The lowest BCUT2D eigenvalue weighted by Gasteiger charge is -2.08. The number of nitrogens with one attached hydrogen (secondary N) is 1. The predicted octanol–water partition coefficient (Wildman–Crippen LogP) is 0.0610. The van der Waals surface area contributed by atoms with Gasteiger partial charge in [-0.25, -0.2) is 0 Å². The normalized spacial score (nSPS) is 12.7. The fraction of sp³-hybridized carbons (Fsp3) is 0.400. The zero-order valence-electron chi connectivity index (χ0n) is 7.89. The van der Waals surface area contributed by atoms with E-state index in [1.54, 1.807) is 0 Å². The van der Waals surface area contributed by atoms with Crippen LogP contribution in [0.1, 0.15) is 5.56 Å². The molecule has 1 atom stereocenters. The number of benzene rings is 1. The van der Waals surface area contributed by atoms with Crippen molar-refractivity contribution in [2.24, 2.45) is 0 Å². The number of hydrogen-bond acceptors (Lipinski definition) is 4. The average Bonchev–Trinajstić information content (AvgIpc) is 2.25. The van der Waals surface area contributed by atoms with E-state index in [0.29, 0.717) is 6.61 Å². The molecule has 0 saturated carbocycles. The van der Waals surface area contributed by atoms with Crippen LogP contribution in [0.3, 0.4) is 0 Å². The van der Waals surface area contributed by atoms with E-state index in [2.05, 4.69) is 5.48 Å². The van der Waals surface area contributed by atoms with Gasteiger partial charge in [-0.15, -0.1) is 0 Å². The molecule has 1 aromatic rings. The highest BCUT2D eigenvalue weighted by molar-refractivity contribution is 5.13. The summed E-state index contributed by atoms with van der Waals surface area (Å²) >= 11 is 0. The quantitative estimate of drug-likeness (QED) is 0.446. The van der Waals surface area contributed by atoms with Gasteiger partial charge in [-0.2, -0.15) is 5.48 Å². The lowest BCUT2D eigenvalue weighted by atomic mass is 10.2. The molecule has 0 heterocycles. The maximum Gasteiger partial charge on any atom is 0.0933 e. The Morgan fingerprint density at radius 1 is 1.29 bits per heavy atom. The van der Waals surface area contributed by atoms with Gasteiger partial charge in [0.1, 0.15) is 0 Å². The van der Waals surface area contributed by atoms with Crippen molar-refractivity contribution < 1.29 is 15.1 Å². The summed E-state index contributed by atoms with van der Waals surface area (Å²) in [6, 6.07) is 9.70. The molecule has 0 aliphatic carbocycles. The number of aliphatic hydroxyl groups is 2. The molecule has 0 saturated heterocycles. The molecule has 1 aromatic carbocycles. The van der Waals surface area contributed by atoms with Crippen LogP contribution in [0.2, 0.25) is 0 Å². The summed E-state index contributed by atoms with van der Waals surface area (Å²) in [6.45, 7) is 0.407. The first-order valence-corrected chi connectivity index (χ1v) is 4.50. The van der Waals surface area contributed by atoms with Gasteiger partial charge >= 0.3 is 0 Å². The van der Waals surface area contributed by atoms with Crippen molar-refractivity contribution in [3.05, 3.63) is 35.9 Å². The smallest absolute Gasteiger partial charge is 0.0933 e. The van der Waals surface area contributed by atoms with E-state index in [4.69, 9.17) is 15.1 Å². The molecule has 0 aliphatic rings. The van der Waals surface area contributed by atoms with Gasteiger partial charge in [0.05, 0.1) is 19.3 Å². The zero-order valence-corrected chi connectivity index (χ0v) is 7.89. The molecule has 0 radical (unpaired) electrons. The maximum absolute atomic E-state index is 8.96. The van der Waals surface area contributed by atoms with Crippen LogP contribution in [0.15, 0.2) is 30.3 Å². The second-order valence-corrected chi connectivity index (χ2v) is 2.96. The van der Waals surface area contributed by atoms with Crippen LogP contribution in [0.25, 0.3) is 0 Å². The predicted molar refractivity (Wildman–Crippen MR) is 52.3 cm³/mol. The first-order valence-electron chi connectivity index (χ1n) is 4.50. The van der Waals surface area contributed by atoms with Crippen molar-refractivity contribution in [2.45, 2.75) is 12.7 Å². The highest BCUT2D eigenvalue weighted by atomic mass is 16.6. The Labute approximate surface area is 83.1 Å². The molecule has 1 rings (SSSR count). The SMILES string of the molecule is OCC(O)CNOCc1ccccc1. The molecule has 0 aliphatic heterocycles. The van der Waals surface area contributed by atoms with Crippen LogP contribution in [0, 0.1) is 0 Å². The molecule has 3 N–H and O–H groups in total. The molecule has 0 fully saturated rings. The van der Waals surface area contributed by atoms with Crippen LogP contribution in [0.5, 0.6) is 0 Å². The Kier molecular flexibility index (Phi) is 5.17. The maximum atomic E-state index is 8.96. The molecule has 0 aromatic heterocycles. The van der Waals surface area contributed by atoms with Crippen molar-refractivity contribution in [1.82, 2.24) is 5.48 Å². The van der Waals surface area contributed by atoms with Gasteiger partial charge in [0.25, 0.3) is 0 Å². The lowest BCUT2D eigenvalue weighted by Crippen LogP contribution is -2.29. The van der Waals surface area contributed by atoms with Crippen LogP contribution < -0.4 is 5.48 Å². The average molecular weight is 197 g/mol. The second kappa shape index (κ2) is 6.50. The minimum absolute atomic E-state index is 0.226.